The third-order valence-electron chi connectivity index (χ3n) is 13.5. The number of nitro benzene ring substituents is 2. The van der Waals surface area contributed by atoms with E-state index in [1.807, 2.05) is 13.1 Å². The van der Waals surface area contributed by atoms with Crippen LogP contribution < -0.4 is 21.3 Å². The SMILES string of the molecule is C=CCCCCN(C)C(=O)N1C[C@H](OC(=O)c2ccc([N+](=O)[O-])cc2)C[C@H]1C(=O)N[C@]1(C(=O)OCC)C[C@H]1C=C.C=CCCCCNC.C=C[C@@H]1C[C@]1(NC(=O)[C@@H]1C[C@@H](OC(=O)c2ccc([N+](=O)[O-])cc2)CN1)C(=O)OCC. The number of carbonyl (C=O) groups excluding carboxylic acids is 7. The molecule has 2 saturated carbocycles. The molecular weight excluding hydrogens is 1010 g/mol. The van der Waals surface area contributed by atoms with Gasteiger partial charge in [0.05, 0.1) is 46.8 Å². The molecule has 2 heterocycles. The van der Waals surface area contributed by atoms with Gasteiger partial charge in [0.1, 0.15) is 29.3 Å². The monoisotopic (exact) mass is 1090 g/mol. The van der Waals surface area contributed by atoms with Crippen LogP contribution in [0.2, 0.25) is 0 Å². The molecule has 424 valence electrons. The Morgan fingerprint density at radius 2 is 1.19 bits per heavy atom. The first-order valence-electron chi connectivity index (χ1n) is 26.1. The Labute approximate surface area is 454 Å². The van der Waals surface area contributed by atoms with Crippen LogP contribution in [0.15, 0.2) is 99.2 Å². The summed E-state index contributed by atoms with van der Waals surface area (Å²) in [7, 11) is 3.62. The van der Waals surface area contributed by atoms with E-state index in [9.17, 15) is 53.8 Å². The number of nitro groups is 2. The van der Waals surface area contributed by atoms with Crippen molar-refractivity contribution in [2.75, 3.05) is 53.5 Å². The van der Waals surface area contributed by atoms with Crippen molar-refractivity contribution in [2.45, 2.75) is 113 Å². The fourth-order valence-electron chi connectivity index (χ4n) is 8.89. The molecular formula is C55H74N8O15. The smallest absolute Gasteiger partial charge is 0.338 e. The van der Waals surface area contributed by atoms with Gasteiger partial charge >= 0.3 is 29.9 Å². The maximum absolute atomic E-state index is 13.5. The van der Waals surface area contributed by atoms with Crippen LogP contribution in [0.5, 0.6) is 0 Å². The molecule has 0 radical (unpaired) electrons. The van der Waals surface area contributed by atoms with Crippen molar-refractivity contribution < 1.29 is 62.4 Å². The molecule has 2 aromatic carbocycles. The number of nitrogens with zero attached hydrogens (tertiary/aromatic N) is 4. The van der Waals surface area contributed by atoms with E-state index >= 15 is 0 Å². The van der Waals surface area contributed by atoms with E-state index in [0.717, 1.165) is 32.2 Å². The summed E-state index contributed by atoms with van der Waals surface area (Å²) >= 11 is 0. The van der Waals surface area contributed by atoms with Crippen molar-refractivity contribution in [1.29, 1.82) is 0 Å². The number of rotatable bonds is 26. The Morgan fingerprint density at radius 1 is 0.718 bits per heavy atom. The molecule has 23 nitrogen and oxygen atoms in total. The number of hydrogen-bond donors (Lipinski definition) is 4. The zero-order chi connectivity index (χ0) is 57.6. The third kappa shape index (κ3) is 17.1. The number of allylic oxidation sites excluding steroid dienone is 2. The number of benzene rings is 2. The molecule has 0 spiro atoms. The number of esters is 4. The summed E-state index contributed by atoms with van der Waals surface area (Å²) in [5.41, 5.74) is -2.34. The number of urea groups is 1. The molecule has 78 heavy (non-hydrogen) atoms. The zero-order valence-electron chi connectivity index (χ0n) is 44.9. The van der Waals surface area contributed by atoms with Crippen LogP contribution in [0.1, 0.15) is 98.8 Å². The molecule has 2 saturated heterocycles. The molecule has 0 bridgehead atoms. The van der Waals surface area contributed by atoms with E-state index in [2.05, 4.69) is 47.6 Å². The minimum Gasteiger partial charge on any atom is -0.464 e. The van der Waals surface area contributed by atoms with Crippen LogP contribution in [0.4, 0.5) is 16.2 Å². The van der Waals surface area contributed by atoms with Crippen molar-refractivity contribution in [2.24, 2.45) is 11.8 Å². The molecule has 6 rings (SSSR count). The Balaban J connectivity index is 0.000000303. The normalized spacial score (nSPS) is 23.2. The highest BCUT2D eigenvalue weighted by Gasteiger charge is 2.63. The molecule has 4 aliphatic rings. The molecule has 4 N–H and O–H groups in total. The van der Waals surface area contributed by atoms with Crippen LogP contribution in [0.25, 0.3) is 0 Å². The topological polar surface area (TPSA) is 297 Å². The Bertz CT molecular complexity index is 2490. The molecule has 0 aromatic heterocycles. The first kappa shape index (κ1) is 62.7. The Kier molecular flexibility index (Phi) is 24.3. The van der Waals surface area contributed by atoms with Gasteiger partial charge < -0.3 is 50.0 Å². The second-order valence-electron chi connectivity index (χ2n) is 19.1. The van der Waals surface area contributed by atoms with E-state index in [-0.39, 0.29) is 79.4 Å². The van der Waals surface area contributed by atoms with Gasteiger partial charge in [0.25, 0.3) is 11.4 Å². The molecule has 0 unspecified atom stereocenters. The molecule has 2 aliphatic heterocycles. The van der Waals surface area contributed by atoms with E-state index in [0.29, 0.717) is 19.4 Å². The number of carbonyl (C=O) groups is 7. The second-order valence-corrected chi connectivity index (χ2v) is 19.1. The minimum absolute atomic E-state index is 0.0122. The van der Waals surface area contributed by atoms with Gasteiger partial charge in [-0.3, -0.25) is 29.8 Å². The summed E-state index contributed by atoms with van der Waals surface area (Å²) in [5.74, 6) is -3.83. The Morgan fingerprint density at radius 3 is 1.63 bits per heavy atom. The van der Waals surface area contributed by atoms with E-state index in [1.54, 1.807) is 39.1 Å². The van der Waals surface area contributed by atoms with Crippen molar-refractivity contribution in [3.05, 3.63) is 131 Å². The fraction of sp³-hybridized carbons (Fsp3) is 0.509. The number of nitrogens with one attached hydrogen (secondary N) is 4. The van der Waals surface area contributed by atoms with Gasteiger partial charge in [0.2, 0.25) is 11.8 Å². The van der Waals surface area contributed by atoms with Crippen LogP contribution in [0.3, 0.4) is 0 Å². The molecule has 23 heteroatoms. The molecule has 4 fully saturated rings. The minimum atomic E-state index is -1.24. The highest BCUT2D eigenvalue weighted by molar-refractivity contribution is 5.96. The lowest BCUT2D eigenvalue weighted by molar-refractivity contribution is -0.385. The zero-order valence-corrected chi connectivity index (χ0v) is 44.9. The summed E-state index contributed by atoms with van der Waals surface area (Å²) in [6.07, 6.45) is 12.7. The van der Waals surface area contributed by atoms with Crippen LogP contribution >= 0.6 is 0 Å². The lowest BCUT2D eigenvalue weighted by atomic mass is 10.1. The maximum atomic E-state index is 13.5. The van der Waals surface area contributed by atoms with Crippen molar-refractivity contribution in [1.82, 2.24) is 31.1 Å². The van der Waals surface area contributed by atoms with Crippen molar-refractivity contribution in [3.63, 3.8) is 0 Å². The summed E-state index contributed by atoms with van der Waals surface area (Å²) in [5, 5.41) is 33.2. The fourth-order valence-corrected chi connectivity index (χ4v) is 8.89. The molecule has 2 aromatic rings. The standard InChI is InChI=1S/C28H36N4O8.C20H23N3O7.C7H15N/c1-5-8-9-10-15-30(4)27(36)31-18-22(40-25(34)19-11-13-21(14-12-19)32(37)38)16-23(31)24(33)29-28(17-20(28)6-2)26(35)39-7-3;1-3-13-10-20(13,19(26)29-4-2)22-17(24)16-9-15(11-21-16)30-18(25)12-5-7-14(8-6-12)23(27)28;1-3-4-5-6-7-8-2/h5-6,11-14,20,22-23H,1-2,7-10,15-18H2,3-4H3,(H,29,33);3,5-8,13,15-16,21H,1,4,9-11H2,2H3,(H,22,24);3,8H,1,4-7H2,2H3/t20-,22-,23+,28-;13-,15-,16+,20-;/m11./s1. The van der Waals surface area contributed by atoms with Gasteiger partial charge in [0.15, 0.2) is 0 Å². The van der Waals surface area contributed by atoms with Gasteiger partial charge in [-0.05, 0) is 103 Å². The lowest BCUT2D eigenvalue weighted by Crippen LogP contribution is -2.55. The molecule has 4 amide bonds. The number of amides is 4. The quantitative estimate of drug-likeness (QED) is 0.0213. The number of hydrogen-bond acceptors (Lipinski definition) is 17. The first-order chi connectivity index (χ1) is 37.3. The van der Waals surface area contributed by atoms with E-state index < -0.39 is 81.0 Å². The molecule has 8 atom stereocenters. The highest BCUT2D eigenvalue weighted by atomic mass is 16.6. The number of non-ortho nitro benzene ring substituents is 2. The predicted octanol–water partition coefficient (Wildman–Crippen LogP) is 5.89. The van der Waals surface area contributed by atoms with Gasteiger partial charge in [0, 0.05) is 69.1 Å². The lowest BCUT2D eigenvalue weighted by Gasteiger charge is -2.29. The number of likely N-dealkylation sites (tertiary alicyclic amines) is 1. The van der Waals surface area contributed by atoms with Crippen LogP contribution in [-0.4, -0.2) is 150 Å². The predicted molar refractivity (Wildman–Crippen MR) is 288 cm³/mol. The van der Waals surface area contributed by atoms with Gasteiger partial charge in [-0.2, -0.15) is 0 Å². The van der Waals surface area contributed by atoms with Crippen LogP contribution in [-0.2, 0) is 38.1 Å². The van der Waals surface area contributed by atoms with Crippen molar-refractivity contribution >= 4 is 53.1 Å². The van der Waals surface area contributed by atoms with Gasteiger partial charge in [-0.1, -0.05) is 24.3 Å². The number of ether oxygens (including phenoxy) is 4. The largest absolute Gasteiger partial charge is 0.464 e. The summed E-state index contributed by atoms with van der Waals surface area (Å²) in [4.78, 5) is 113. The highest BCUT2D eigenvalue weighted by Crippen LogP contribution is 2.46. The maximum Gasteiger partial charge on any atom is 0.338 e. The first-order valence-corrected chi connectivity index (χ1v) is 26.1. The summed E-state index contributed by atoms with van der Waals surface area (Å²) in [6.45, 7) is 20.3. The molecule has 2 aliphatic carbocycles. The number of unbranched alkanes of at least 4 members (excludes halogenated alkanes) is 4. The van der Waals surface area contributed by atoms with E-state index in [1.165, 1.54) is 71.2 Å². The summed E-state index contributed by atoms with van der Waals surface area (Å²) in [6, 6.07) is 7.99. The Hall–Kier alpha value is -7.79. The average molecular weight is 1090 g/mol. The van der Waals surface area contributed by atoms with Crippen molar-refractivity contribution in [3.8, 4) is 0 Å². The van der Waals surface area contributed by atoms with Gasteiger partial charge in [-0.25, -0.2) is 24.0 Å². The average Bonchev–Trinajstić information content (AvgIpc) is 4.35. The van der Waals surface area contributed by atoms with Gasteiger partial charge in [-0.15, -0.1) is 26.3 Å². The summed E-state index contributed by atoms with van der Waals surface area (Å²) < 4.78 is 21.3. The second kappa shape index (κ2) is 30.2. The van der Waals surface area contributed by atoms with E-state index in [4.69, 9.17) is 18.9 Å². The third-order valence-corrected chi connectivity index (χ3v) is 13.5. The van der Waals surface area contributed by atoms with Crippen LogP contribution in [0, 0.1) is 32.1 Å².